The molecule has 31 heavy (non-hydrogen) atoms. The summed E-state index contributed by atoms with van der Waals surface area (Å²) >= 11 is 0. The summed E-state index contributed by atoms with van der Waals surface area (Å²) in [6, 6.07) is 19.8. The van der Waals surface area contributed by atoms with Crippen molar-refractivity contribution < 1.29 is 8.78 Å². The first-order chi connectivity index (χ1) is 15.1. The van der Waals surface area contributed by atoms with Gasteiger partial charge < -0.3 is 0 Å². The minimum absolute atomic E-state index is 0.0443. The van der Waals surface area contributed by atoms with Gasteiger partial charge in [0.2, 0.25) is 0 Å². The molecule has 4 rings (SSSR count). The molecule has 0 spiro atoms. The Labute approximate surface area is 181 Å². The Morgan fingerprint density at radius 2 is 1.52 bits per heavy atom. The maximum Gasteiger partial charge on any atom is 0.141 e. The molecule has 0 aliphatic rings. The lowest BCUT2D eigenvalue weighted by atomic mass is 9.95. The van der Waals surface area contributed by atoms with Gasteiger partial charge in [0.15, 0.2) is 0 Å². The highest BCUT2D eigenvalue weighted by molar-refractivity contribution is 6.08. The molecule has 4 aromatic rings. The predicted molar refractivity (Wildman–Crippen MR) is 124 cm³/mol. The molecule has 4 aromatic carbocycles. The zero-order valence-electron chi connectivity index (χ0n) is 17.7. The van der Waals surface area contributed by atoms with Crippen molar-refractivity contribution in [1.82, 2.24) is 0 Å². The Hall–Kier alpha value is -3.25. The molecule has 0 saturated heterocycles. The highest BCUT2D eigenvalue weighted by atomic mass is 19.1. The van der Waals surface area contributed by atoms with Gasteiger partial charge in [0, 0.05) is 5.56 Å². The van der Waals surface area contributed by atoms with Crippen molar-refractivity contribution in [3.05, 3.63) is 83.4 Å². The highest BCUT2D eigenvalue weighted by Crippen LogP contribution is 2.33. The van der Waals surface area contributed by atoms with Gasteiger partial charge in [0.25, 0.3) is 0 Å². The van der Waals surface area contributed by atoms with Crippen molar-refractivity contribution >= 4 is 21.5 Å². The van der Waals surface area contributed by atoms with Gasteiger partial charge in [-0.3, -0.25) is 0 Å². The second-order valence-electron chi connectivity index (χ2n) is 8.14. The summed E-state index contributed by atoms with van der Waals surface area (Å²) in [4.78, 5) is 0. The van der Waals surface area contributed by atoms with E-state index in [1.807, 2.05) is 6.07 Å². The SMILES string of the molecule is CCCCCCCc1ccc2c(ccc3cc(-c4ccc(C#N)c(F)c4)c(F)cc32)c1. The van der Waals surface area contributed by atoms with Crippen LogP contribution >= 0.6 is 0 Å². The Morgan fingerprint density at radius 3 is 2.26 bits per heavy atom. The molecule has 0 amide bonds. The highest BCUT2D eigenvalue weighted by Gasteiger charge is 2.12. The molecule has 1 nitrogen and oxygen atoms in total. The van der Waals surface area contributed by atoms with E-state index in [1.165, 1.54) is 55.9 Å². The Balaban J connectivity index is 1.66. The lowest BCUT2D eigenvalue weighted by Crippen LogP contribution is -1.91. The van der Waals surface area contributed by atoms with Crippen molar-refractivity contribution in [2.75, 3.05) is 0 Å². The summed E-state index contributed by atoms with van der Waals surface area (Å²) in [6.45, 7) is 2.22. The fourth-order valence-electron chi connectivity index (χ4n) is 4.22. The Kier molecular flexibility index (Phi) is 6.28. The van der Waals surface area contributed by atoms with Crippen molar-refractivity contribution in [3.8, 4) is 17.2 Å². The number of fused-ring (bicyclic) bond motifs is 3. The normalized spacial score (nSPS) is 11.2. The molecule has 0 aliphatic heterocycles. The van der Waals surface area contributed by atoms with Crippen molar-refractivity contribution in [1.29, 1.82) is 5.26 Å². The van der Waals surface area contributed by atoms with E-state index >= 15 is 4.39 Å². The van der Waals surface area contributed by atoms with Gasteiger partial charge in [-0.05, 0) is 69.8 Å². The predicted octanol–water partition coefficient (Wildman–Crippen LogP) is 8.32. The molecule has 0 saturated carbocycles. The van der Waals surface area contributed by atoms with Crippen LogP contribution in [-0.2, 0) is 6.42 Å². The molecular formula is C28H25F2N. The van der Waals surface area contributed by atoms with Crippen LogP contribution < -0.4 is 0 Å². The van der Waals surface area contributed by atoms with Crippen LogP contribution in [0.5, 0.6) is 0 Å². The van der Waals surface area contributed by atoms with Crippen molar-refractivity contribution in [3.63, 3.8) is 0 Å². The van der Waals surface area contributed by atoms with E-state index < -0.39 is 11.6 Å². The molecule has 0 atom stereocenters. The summed E-state index contributed by atoms with van der Waals surface area (Å²) < 4.78 is 29.0. The van der Waals surface area contributed by atoms with Crippen LogP contribution in [0.15, 0.2) is 60.7 Å². The van der Waals surface area contributed by atoms with E-state index in [9.17, 15) is 4.39 Å². The van der Waals surface area contributed by atoms with Gasteiger partial charge in [-0.25, -0.2) is 8.78 Å². The molecule has 0 fully saturated rings. The minimum atomic E-state index is -0.639. The second-order valence-corrected chi connectivity index (χ2v) is 8.14. The monoisotopic (exact) mass is 413 g/mol. The van der Waals surface area contributed by atoms with Crippen LogP contribution in [0, 0.1) is 23.0 Å². The van der Waals surface area contributed by atoms with E-state index in [-0.39, 0.29) is 5.56 Å². The summed E-state index contributed by atoms with van der Waals surface area (Å²) in [7, 11) is 0. The van der Waals surface area contributed by atoms with Crippen LogP contribution in [0.1, 0.15) is 50.2 Å². The number of hydrogen-bond acceptors (Lipinski definition) is 1. The number of benzene rings is 4. The smallest absolute Gasteiger partial charge is 0.141 e. The van der Waals surface area contributed by atoms with Gasteiger partial charge in [0.1, 0.15) is 17.7 Å². The third-order valence-corrected chi connectivity index (χ3v) is 5.96. The van der Waals surface area contributed by atoms with Crippen molar-refractivity contribution in [2.24, 2.45) is 0 Å². The average molecular weight is 414 g/mol. The molecule has 156 valence electrons. The van der Waals surface area contributed by atoms with Gasteiger partial charge in [-0.15, -0.1) is 0 Å². The summed E-state index contributed by atoms with van der Waals surface area (Å²) in [5, 5.41) is 12.8. The molecule has 3 heteroatoms. The van der Waals surface area contributed by atoms with E-state index in [2.05, 4.69) is 31.2 Å². The van der Waals surface area contributed by atoms with E-state index in [4.69, 9.17) is 5.26 Å². The van der Waals surface area contributed by atoms with Crippen LogP contribution in [-0.4, -0.2) is 0 Å². The largest absolute Gasteiger partial charge is 0.206 e. The number of unbranched alkanes of at least 4 members (excludes halogenated alkanes) is 4. The first kappa shape index (κ1) is 21.0. The molecule has 0 aromatic heterocycles. The molecule has 0 heterocycles. The Bertz CT molecular complexity index is 1280. The quantitative estimate of drug-likeness (QED) is 0.221. The number of rotatable bonds is 7. The minimum Gasteiger partial charge on any atom is -0.206 e. The second kappa shape index (κ2) is 9.27. The Morgan fingerprint density at radius 1 is 0.742 bits per heavy atom. The standard InChI is InChI=1S/C28H25F2N/c1-2-3-4-5-6-7-19-8-13-24-20(14-19)9-10-21-15-26(28(30)17-25(21)24)22-11-12-23(18-31)27(29)16-22/h8-17H,2-7H2,1H3. The number of nitriles is 1. The number of hydrogen-bond donors (Lipinski definition) is 0. The van der Waals surface area contributed by atoms with E-state index in [1.54, 1.807) is 18.2 Å². The van der Waals surface area contributed by atoms with Gasteiger partial charge in [0.05, 0.1) is 5.56 Å². The zero-order valence-corrected chi connectivity index (χ0v) is 17.7. The van der Waals surface area contributed by atoms with Crippen LogP contribution in [0.3, 0.4) is 0 Å². The fourth-order valence-corrected chi connectivity index (χ4v) is 4.22. The molecule has 0 bridgehead atoms. The number of aryl methyl sites for hydroxylation is 1. The third-order valence-electron chi connectivity index (χ3n) is 5.96. The number of nitrogens with zero attached hydrogens (tertiary/aromatic N) is 1. The maximum absolute atomic E-state index is 15.0. The topological polar surface area (TPSA) is 23.8 Å². The van der Waals surface area contributed by atoms with Crippen LogP contribution in [0.4, 0.5) is 8.78 Å². The molecule has 0 N–H and O–H groups in total. The van der Waals surface area contributed by atoms with Crippen molar-refractivity contribution in [2.45, 2.75) is 45.4 Å². The third kappa shape index (κ3) is 4.44. The molecule has 0 radical (unpaired) electrons. The first-order valence-electron chi connectivity index (χ1n) is 11.0. The maximum atomic E-state index is 15.0. The van der Waals surface area contributed by atoms with E-state index in [0.29, 0.717) is 11.1 Å². The zero-order chi connectivity index (χ0) is 21.8. The summed E-state index contributed by atoms with van der Waals surface area (Å²) in [6.07, 6.45) is 7.36. The molecular weight excluding hydrogens is 388 g/mol. The van der Waals surface area contributed by atoms with E-state index in [0.717, 1.165) is 28.0 Å². The average Bonchev–Trinajstić information content (AvgIpc) is 2.78. The lowest BCUT2D eigenvalue weighted by Gasteiger charge is -2.10. The fraction of sp³-hybridized carbons (Fsp3) is 0.250. The van der Waals surface area contributed by atoms with Gasteiger partial charge >= 0.3 is 0 Å². The lowest BCUT2D eigenvalue weighted by molar-refractivity contribution is 0.622. The summed E-state index contributed by atoms with van der Waals surface area (Å²) in [5.74, 6) is -1.04. The van der Waals surface area contributed by atoms with Crippen LogP contribution in [0.25, 0.3) is 32.7 Å². The van der Waals surface area contributed by atoms with Gasteiger partial charge in [-0.2, -0.15) is 5.26 Å². The van der Waals surface area contributed by atoms with Crippen LogP contribution in [0.2, 0.25) is 0 Å². The molecule has 0 unspecified atom stereocenters. The molecule has 0 aliphatic carbocycles. The first-order valence-corrected chi connectivity index (χ1v) is 11.0. The number of halogens is 2. The van der Waals surface area contributed by atoms with Gasteiger partial charge in [-0.1, -0.05) is 69.0 Å². The summed E-state index contributed by atoms with van der Waals surface area (Å²) in [5.41, 5.74) is 2.03.